The van der Waals surface area contributed by atoms with Crippen LogP contribution in [0.1, 0.15) is 34.5 Å². The van der Waals surface area contributed by atoms with Crippen LogP contribution in [0.4, 0.5) is 0 Å². The SMILES string of the molecule is Cc1cccc(C(=O)N[C@H](C)c2ccc(Br)cc2)c1I. The van der Waals surface area contributed by atoms with E-state index in [4.69, 9.17) is 0 Å². The third-order valence-electron chi connectivity index (χ3n) is 3.15. The lowest BCUT2D eigenvalue weighted by molar-refractivity contribution is 0.0939. The Morgan fingerprint density at radius 2 is 1.85 bits per heavy atom. The molecule has 104 valence electrons. The van der Waals surface area contributed by atoms with Crippen molar-refractivity contribution in [2.75, 3.05) is 0 Å². The number of carbonyl (C=O) groups is 1. The summed E-state index contributed by atoms with van der Waals surface area (Å²) >= 11 is 5.63. The normalized spacial score (nSPS) is 12.0. The molecule has 1 amide bonds. The Kier molecular flexibility index (Phi) is 5.21. The van der Waals surface area contributed by atoms with E-state index < -0.39 is 0 Å². The number of rotatable bonds is 3. The lowest BCUT2D eigenvalue weighted by Crippen LogP contribution is -2.27. The Hall–Kier alpha value is -0.880. The molecule has 0 heterocycles. The van der Waals surface area contributed by atoms with Gasteiger partial charge in [-0.3, -0.25) is 4.79 Å². The van der Waals surface area contributed by atoms with Gasteiger partial charge in [-0.2, -0.15) is 0 Å². The average molecular weight is 444 g/mol. The Bertz CT molecular complexity index is 625. The maximum absolute atomic E-state index is 12.3. The zero-order valence-corrected chi connectivity index (χ0v) is 15.0. The molecule has 0 aliphatic carbocycles. The molecule has 1 N–H and O–H groups in total. The van der Waals surface area contributed by atoms with Gasteiger partial charge in [0.2, 0.25) is 0 Å². The smallest absolute Gasteiger partial charge is 0.252 e. The van der Waals surface area contributed by atoms with E-state index in [0.29, 0.717) is 0 Å². The van der Waals surface area contributed by atoms with Gasteiger partial charge >= 0.3 is 0 Å². The summed E-state index contributed by atoms with van der Waals surface area (Å²) < 4.78 is 2.04. The van der Waals surface area contributed by atoms with E-state index in [1.165, 1.54) is 0 Å². The van der Waals surface area contributed by atoms with Gasteiger partial charge in [0.1, 0.15) is 0 Å². The predicted molar refractivity (Wildman–Crippen MR) is 93.9 cm³/mol. The van der Waals surface area contributed by atoms with Crippen LogP contribution in [-0.4, -0.2) is 5.91 Å². The minimum absolute atomic E-state index is 0.0214. The summed E-state index contributed by atoms with van der Waals surface area (Å²) in [6.45, 7) is 4.00. The van der Waals surface area contributed by atoms with Gasteiger partial charge in [0.25, 0.3) is 5.91 Å². The van der Waals surface area contributed by atoms with E-state index in [0.717, 1.165) is 24.7 Å². The quantitative estimate of drug-likeness (QED) is 0.674. The molecule has 0 aliphatic rings. The summed E-state index contributed by atoms with van der Waals surface area (Å²) in [5, 5.41) is 3.04. The zero-order valence-electron chi connectivity index (χ0n) is 11.3. The number of carbonyl (C=O) groups excluding carboxylic acids is 1. The predicted octanol–water partition coefficient (Wildman–Crippen LogP) is 4.85. The van der Waals surface area contributed by atoms with Gasteiger partial charge < -0.3 is 5.32 Å². The molecule has 0 unspecified atom stereocenters. The first-order valence-electron chi connectivity index (χ1n) is 6.30. The first kappa shape index (κ1) is 15.5. The number of benzene rings is 2. The third kappa shape index (κ3) is 3.61. The maximum atomic E-state index is 12.3. The van der Waals surface area contributed by atoms with Crippen molar-refractivity contribution >= 4 is 44.4 Å². The Labute approximate surface area is 141 Å². The monoisotopic (exact) mass is 443 g/mol. The first-order chi connectivity index (χ1) is 9.49. The fraction of sp³-hybridized carbons (Fsp3) is 0.188. The Morgan fingerprint density at radius 1 is 1.20 bits per heavy atom. The second-order valence-electron chi connectivity index (χ2n) is 4.68. The second kappa shape index (κ2) is 6.72. The van der Waals surface area contributed by atoms with Crippen LogP contribution in [0.15, 0.2) is 46.9 Å². The number of hydrogen-bond acceptors (Lipinski definition) is 1. The highest BCUT2D eigenvalue weighted by atomic mass is 127. The van der Waals surface area contributed by atoms with Gasteiger partial charge in [-0.05, 0) is 65.8 Å². The van der Waals surface area contributed by atoms with Gasteiger partial charge in [-0.25, -0.2) is 0 Å². The van der Waals surface area contributed by atoms with Crippen molar-refractivity contribution in [3.05, 3.63) is 67.2 Å². The van der Waals surface area contributed by atoms with E-state index in [-0.39, 0.29) is 11.9 Å². The second-order valence-corrected chi connectivity index (χ2v) is 6.68. The summed E-state index contributed by atoms with van der Waals surface area (Å²) in [4.78, 5) is 12.3. The van der Waals surface area contributed by atoms with Crippen LogP contribution in [0.3, 0.4) is 0 Å². The van der Waals surface area contributed by atoms with Gasteiger partial charge in [0.15, 0.2) is 0 Å². The van der Waals surface area contributed by atoms with Crippen molar-refractivity contribution in [1.82, 2.24) is 5.32 Å². The van der Waals surface area contributed by atoms with E-state index >= 15 is 0 Å². The van der Waals surface area contributed by atoms with Gasteiger partial charge in [-0.1, -0.05) is 40.2 Å². The molecule has 2 rings (SSSR count). The van der Waals surface area contributed by atoms with Crippen molar-refractivity contribution in [3.8, 4) is 0 Å². The largest absolute Gasteiger partial charge is 0.345 e. The van der Waals surface area contributed by atoms with Crippen LogP contribution < -0.4 is 5.32 Å². The third-order valence-corrected chi connectivity index (χ3v) is 5.11. The fourth-order valence-electron chi connectivity index (χ4n) is 1.93. The molecule has 20 heavy (non-hydrogen) atoms. The maximum Gasteiger partial charge on any atom is 0.252 e. The summed E-state index contributed by atoms with van der Waals surface area (Å²) in [5.41, 5.74) is 2.94. The summed E-state index contributed by atoms with van der Waals surface area (Å²) in [6.07, 6.45) is 0. The molecule has 0 radical (unpaired) electrons. The summed E-state index contributed by atoms with van der Waals surface area (Å²) in [6, 6.07) is 13.7. The molecule has 1 atom stereocenters. The molecule has 0 fully saturated rings. The topological polar surface area (TPSA) is 29.1 Å². The van der Waals surface area contributed by atoms with Crippen molar-refractivity contribution in [1.29, 1.82) is 0 Å². The van der Waals surface area contributed by atoms with Crippen LogP contribution >= 0.6 is 38.5 Å². The molecule has 0 saturated heterocycles. The molecule has 0 saturated carbocycles. The van der Waals surface area contributed by atoms with E-state index in [9.17, 15) is 4.79 Å². The van der Waals surface area contributed by atoms with Crippen molar-refractivity contribution in [3.63, 3.8) is 0 Å². The van der Waals surface area contributed by atoms with E-state index in [1.54, 1.807) is 0 Å². The molecular weight excluding hydrogens is 429 g/mol. The molecule has 4 heteroatoms. The lowest BCUT2D eigenvalue weighted by atomic mass is 10.1. The van der Waals surface area contributed by atoms with Gasteiger partial charge in [0.05, 0.1) is 11.6 Å². The number of amides is 1. The average Bonchev–Trinajstić information content (AvgIpc) is 2.42. The lowest BCUT2D eigenvalue weighted by Gasteiger charge is -2.15. The first-order valence-corrected chi connectivity index (χ1v) is 8.17. The number of nitrogens with one attached hydrogen (secondary N) is 1. The van der Waals surface area contributed by atoms with Crippen molar-refractivity contribution in [2.45, 2.75) is 19.9 Å². The molecule has 2 nitrogen and oxygen atoms in total. The van der Waals surface area contributed by atoms with Crippen LogP contribution in [0.25, 0.3) is 0 Å². The molecule has 0 bridgehead atoms. The van der Waals surface area contributed by atoms with Gasteiger partial charge in [-0.15, -0.1) is 0 Å². The van der Waals surface area contributed by atoms with Crippen molar-refractivity contribution < 1.29 is 4.79 Å². The summed E-state index contributed by atoms with van der Waals surface area (Å²) in [7, 11) is 0. The summed E-state index contributed by atoms with van der Waals surface area (Å²) in [5.74, 6) is -0.0338. The van der Waals surface area contributed by atoms with Crippen LogP contribution in [0, 0.1) is 10.5 Å². The minimum atomic E-state index is -0.0338. The molecule has 0 aliphatic heterocycles. The number of hydrogen-bond donors (Lipinski definition) is 1. The highest BCUT2D eigenvalue weighted by Gasteiger charge is 2.14. The van der Waals surface area contributed by atoms with E-state index in [1.807, 2.05) is 56.3 Å². The Morgan fingerprint density at radius 3 is 2.50 bits per heavy atom. The van der Waals surface area contributed by atoms with Crippen LogP contribution in [0.2, 0.25) is 0 Å². The molecule has 0 aromatic heterocycles. The molecule has 0 spiro atoms. The van der Waals surface area contributed by atoms with Crippen molar-refractivity contribution in [2.24, 2.45) is 0 Å². The molecular formula is C16H15BrINO. The fourth-order valence-corrected chi connectivity index (χ4v) is 2.80. The molecule has 2 aromatic carbocycles. The van der Waals surface area contributed by atoms with Crippen LogP contribution in [0.5, 0.6) is 0 Å². The standard InChI is InChI=1S/C16H15BrINO/c1-10-4-3-5-14(15(10)18)16(20)19-11(2)12-6-8-13(17)9-7-12/h3-9,11H,1-2H3,(H,19,20)/t11-/m1/s1. The van der Waals surface area contributed by atoms with Gasteiger partial charge in [0, 0.05) is 8.04 Å². The van der Waals surface area contributed by atoms with E-state index in [2.05, 4.69) is 43.8 Å². The highest BCUT2D eigenvalue weighted by molar-refractivity contribution is 14.1. The van der Waals surface area contributed by atoms with Crippen LogP contribution in [-0.2, 0) is 0 Å². The zero-order chi connectivity index (χ0) is 14.7. The minimum Gasteiger partial charge on any atom is -0.345 e. The number of halogens is 2. The molecule has 2 aromatic rings. The Balaban J connectivity index is 2.15. The highest BCUT2D eigenvalue weighted by Crippen LogP contribution is 2.20. The number of aryl methyl sites for hydroxylation is 1.